The van der Waals surface area contributed by atoms with Crippen LogP contribution in [0.25, 0.3) is 0 Å². The number of carbonyl (C=O) groups is 1. The van der Waals surface area contributed by atoms with Crippen LogP contribution in [-0.4, -0.2) is 37.4 Å². The van der Waals surface area contributed by atoms with Crippen molar-refractivity contribution in [2.45, 2.75) is 37.6 Å². The maximum Gasteiger partial charge on any atom is 0.339 e. The molecule has 0 aliphatic heterocycles. The molecule has 0 spiro atoms. The standard InChI is InChI=1S/C17H23ClN2O3S/c1-22-10-9-17(7-3-4-8-17)20-16(24)19-12-5-6-14(18)13(11-12)15(21)23-2/h5-6,11H,3-4,7-10H2,1-2H3,(H2,19,20,24). The molecule has 0 aromatic heterocycles. The summed E-state index contributed by atoms with van der Waals surface area (Å²) >= 11 is 11.5. The van der Waals surface area contributed by atoms with Gasteiger partial charge in [0.2, 0.25) is 0 Å². The number of halogens is 1. The quantitative estimate of drug-likeness (QED) is 0.587. The van der Waals surface area contributed by atoms with Gasteiger partial charge in [-0.3, -0.25) is 0 Å². The SMILES string of the molecule is COCCC1(NC(=S)Nc2ccc(Cl)c(C(=O)OC)c2)CCCC1. The van der Waals surface area contributed by atoms with Crippen molar-refractivity contribution in [1.82, 2.24) is 5.32 Å². The van der Waals surface area contributed by atoms with Crippen molar-refractivity contribution in [3.05, 3.63) is 28.8 Å². The van der Waals surface area contributed by atoms with E-state index >= 15 is 0 Å². The van der Waals surface area contributed by atoms with Gasteiger partial charge >= 0.3 is 5.97 Å². The minimum absolute atomic E-state index is 0.0162. The van der Waals surface area contributed by atoms with Crippen LogP contribution in [0.3, 0.4) is 0 Å². The van der Waals surface area contributed by atoms with Crippen LogP contribution in [0, 0.1) is 0 Å². The van der Waals surface area contributed by atoms with E-state index in [2.05, 4.69) is 10.6 Å². The van der Waals surface area contributed by atoms with Crippen LogP contribution in [0.2, 0.25) is 5.02 Å². The molecule has 0 amide bonds. The van der Waals surface area contributed by atoms with Gasteiger partial charge in [0, 0.05) is 24.9 Å². The second kappa shape index (κ2) is 8.65. The lowest BCUT2D eigenvalue weighted by atomic mass is 9.94. The average molecular weight is 371 g/mol. The Hall–Kier alpha value is -1.37. The fourth-order valence-corrected chi connectivity index (χ4v) is 3.59. The molecule has 0 saturated heterocycles. The van der Waals surface area contributed by atoms with E-state index in [4.69, 9.17) is 33.3 Å². The zero-order chi connectivity index (χ0) is 17.6. The van der Waals surface area contributed by atoms with Gasteiger partial charge in [-0.15, -0.1) is 0 Å². The summed E-state index contributed by atoms with van der Waals surface area (Å²) in [6, 6.07) is 5.06. The minimum Gasteiger partial charge on any atom is -0.465 e. The molecule has 7 heteroatoms. The second-order valence-electron chi connectivity index (χ2n) is 6.00. The average Bonchev–Trinajstić information content (AvgIpc) is 3.02. The fraction of sp³-hybridized carbons (Fsp3) is 0.529. The van der Waals surface area contributed by atoms with Gasteiger partial charge < -0.3 is 20.1 Å². The highest BCUT2D eigenvalue weighted by molar-refractivity contribution is 7.80. The molecule has 1 saturated carbocycles. The molecule has 1 aliphatic carbocycles. The van der Waals surface area contributed by atoms with Gasteiger partial charge in [0.05, 0.1) is 17.7 Å². The van der Waals surface area contributed by atoms with E-state index in [0.29, 0.717) is 28.0 Å². The van der Waals surface area contributed by atoms with Gasteiger partial charge in [0.1, 0.15) is 0 Å². The monoisotopic (exact) mass is 370 g/mol. The summed E-state index contributed by atoms with van der Waals surface area (Å²) in [5, 5.41) is 7.45. The van der Waals surface area contributed by atoms with Crippen molar-refractivity contribution in [2.24, 2.45) is 0 Å². The smallest absolute Gasteiger partial charge is 0.339 e. The molecule has 0 atom stereocenters. The first-order valence-corrected chi connectivity index (χ1v) is 8.74. The molecule has 5 nitrogen and oxygen atoms in total. The summed E-state index contributed by atoms with van der Waals surface area (Å²) in [6.07, 6.45) is 5.44. The zero-order valence-electron chi connectivity index (χ0n) is 14.0. The van der Waals surface area contributed by atoms with Gasteiger partial charge in [-0.05, 0) is 49.7 Å². The Bertz CT molecular complexity index is 603. The van der Waals surface area contributed by atoms with Crippen molar-refractivity contribution >= 4 is 40.6 Å². The summed E-state index contributed by atoms with van der Waals surface area (Å²) in [6.45, 7) is 0.697. The van der Waals surface area contributed by atoms with Crippen molar-refractivity contribution in [3.63, 3.8) is 0 Å². The molecular formula is C17H23ClN2O3S. The molecule has 0 unspecified atom stereocenters. The Labute approximate surface area is 153 Å². The van der Waals surface area contributed by atoms with Gasteiger partial charge in [-0.25, -0.2) is 4.79 Å². The van der Waals surface area contributed by atoms with Crippen molar-refractivity contribution in [3.8, 4) is 0 Å². The van der Waals surface area contributed by atoms with Crippen LogP contribution >= 0.6 is 23.8 Å². The molecule has 0 radical (unpaired) electrons. The van der Waals surface area contributed by atoms with Gasteiger partial charge in [-0.2, -0.15) is 0 Å². The third kappa shape index (κ3) is 4.82. The molecule has 24 heavy (non-hydrogen) atoms. The molecule has 2 N–H and O–H groups in total. The minimum atomic E-state index is -0.477. The van der Waals surface area contributed by atoms with E-state index in [1.54, 1.807) is 25.3 Å². The van der Waals surface area contributed by atoms with E-state index in [9.17, 15) is 4.79 Å². The number of nitrogens with one attached hydrogen (secondary N) is 2. The van der Waals surface area contributed by atoms with E-state index < -0.39 is 5.97 Å². The number of rotatable bonds is 6. The van der Waals surface area contributed by atoms with Gasteiger partial charge in [0.25, 0.3) is 0 Å². The number of hydrogen-bond acceptors (Lipinski definition) is 4. The predicted molar refractivity (Wildman–Crippen MR) is 99.8 cm³/mol. The number of anilines is 1. The zero-order valence-corrected chi connectivity index (χ0v) is 15.6. The molecule has 1 aromatic rings. The van der Waals surface area contributed by atoms with Crippen LogP contribution in [0.5, 0.6) is 0 Å². The fourth-order valence-electron chi connectivity index (χ4n) is 3.06. The summed E-state index contributed by atoms with van der Waals surface area (Å²) < 4.78 is 9.96. The molecule has 0 heterocycles. The highest BCUT2D eigenvalue weighted by Crippen LogP contribution is 2.32. The van der Waals surface area contributed by atoms with Gasteiger partial charge in [0.15, 0.2) is 5.11 Å². The predicted octanol–water partition coefficient (Wildman–Crippen LogP) is 3.76. The topological polar surface area (TPSA) is 59.6 Å². The van der Waals surface area contributed by atoms with Crippen LogP contribution in [-0.2, 0) is 9.47 Å². The number of ether oxygens (including phenoxy) is 2. The Balaban J connectivity index is 2.05. The Morgan fingerprint density at radius 3 is 2.67 bits per heavy atom. The number of carbonyl (C=O) groups excluding carboxylic acids is 1. The summed E-state index contributed by atoms with van der Waals surface area (Å²) in [5.41, 5.74) is 0.983. The number of thiocarbonyl (C=S) groups is 1. The van der Waals surface area contributed by atoms with Crippen molar-refractivity contribution in [2.75, 3.05) is 26.1 Å². The molecule has 1 aliphatic rings. The molecular weight excluding hydrogens is 348 g/mol. The van der Waals surface area contributed by atoms with Crippen molar-refractivity contribution < 1.29 is 14.3 Å². The van der Waals surface area contributed by atoms with Gasteiger partial charge in [-0.1, -0.05) is 24.4 Å². The lowest BCUT2D eigenvalue weighted by molar-refractivity contribution is 0.0601. The largest absolute Gasteiger partial charge is 0.465 e. The van der Waals surface area contributed by atoms with E-state index in [1.165, 1.54) is 20.0 Å². The van der Waals surface area contributed by atoms with E-state index in [-0.39, 0.29) is 5.54 Å². The maximum atomic E-state index is 11.7. The number of hydrogen-bond donors (Lipinski definition) is 2. The Morgan fingerprint density at radius 1 is 1.33 bits per heavy atom. The third-order valence-corrected chi connectivity index (χ3v) is 4.89. The Kier molecular flexibility index (Phi) is 6.83. The normalized spacial score (nSPS) is 15.8. The van der Waals surface area contributed by atoms with Crippen LogP contribution < -0.4 is 10.6 Å². The third-order valence-electron chi connectivity index (χ3n) is 4.35. The molecule has 1 fully saturated rings. The number of methoxy groups -OCH3 is 2. The maximum absolute atomic E-state index is 11.7. The first-order chi connectivity index (χ1) is 11.5. The second-order valence-corrected chi connectivity index (χ2v) is 6.81. The lowest BCUT2D eigenvalue weighted by Crippen LogP contribution is -2.48. The van der Waals surface area contributed by atoms with E-state index in [1.807, 2.05) is 0 Å². The van der Waals surface area contributed by atoms with Crippen molar-refractivity contribution in [1.29, 1.82) is 0 Å². The number of benzene rings is 1. The molecule has 1 aromatic carbocycles. The van der Waals surface area contributed by atoms with Crippen LogP contribution in [0.1, 0.15) is 42.5 Å². The van der Waals surface area contributed by atoms with Crippen LogP contribution in [0.4, 0.5) is 5.69 Å². The highest BCUT2D eigenvalue weighted by atomic mass is 35.5. The summed E-state index contributed by atoms with van der Waals surface area (Å²) in [4.78, 5) is 11.7. The molecule has 132 valence electrons. The molecule has 2 rings (SSSR count). The van der Waals surface area contributed by atoms with Crippen LogP contribution in [0.15, 0.2) is 18.2 Å². The first kappa shape index (κ1) is 19.0. The Morgan fingerprint density at radius 2 is 2.04 bits per heavy atom. The first-order valence-electron chi connectivity index (χ1n) is 7.96. The highest BCUT2D eigenvalue weighted by Gasteiger charge is 2.34. The number of esters is 1. The summed E-state index contributed by atoms with van der Waals surface area (Å²) in [7, 11) is 3.03. The van der Waals surface area contributed by atoms with E-state index in [0.717, 1.165) is 19.3 Å². The lowest BCUT2D eigenvalue weighted by Gasteiger charge is -2.31. The summed E-state index contributed by atoms with van der Waals surface area (Å²) in [5.74, 6) is -0.477. The molecule has 0 bridgehead atoms.